The van der Waals surface area contributed by atoms with Crippen LogP contribution >= 0.6 is 0 Å². The Balaban J connectivity index is 1.30. The molecule has 0 atom stereocenters. The molecule has 4 rings (SSSR count). The molecule has 0 saturated heterocycles. The molecule has 0 heterocycles. The molecule has 0 radical (unpaired) electrons. The Labute approximate surface area is 239 Å². The van der Waals surface area contributed by atoms with Crippen LogP contribution in [0.1, 0.15) is 41.6 Å². The molecule has 0 unspecified atom stereocenters. The van der Waals surface area contributed by atoms with Crippen molar-refractivity contribution in [2.45, 2.75) is 32.3 Å². The maximum absolute atomic E-state index is 14.7. The van der Waals surface area contributed by atoms with Crippen molar-refractivity contribution >= 4 is 11.9 Å². The quantitative estimate of drug-likeness (QED) is 0.0973. The van der Waals surface area contributed by atoms with Gasteiger partial charge in [-0.15, -0.1) is 0 Å². The summed E-state index contributed by atoms with van der Waals surface area (Å²) >= 11 is 0. The molecule has 1 aliphatic carbocycles. The second kappa shape index (κ2) is 13.3. The summed E-state index contributed by atoms with van der Waals surface area (Å²) in [5.41, 5.74) is -0.380. The number of methoxy groups -OCH3 is 1. The first-order valence-corrected chi connectivity index (χ1v) is 12.9. The molecular weight excluding hydrogens is 594 g/mol. The van der Waals surface area contributed by atoms with Gasteiger partial charge in [-0.2, -0.15) is 13.2 Å². The molecule has 43 heavy (non-hydrogen) atoms. The molecule has 1 N–H and O–H groups in total. The minimum Gasteiger partial charge on any atom is -0.497 e. The fourth-order valence-corrected chi connectivity index (χ4v) is 4.55. The number of hydrogen-bond acceptors (Lipinski definition) is 5. The second-order valence-electron chi connectivity index (χ2n) is 9.75. The van der Waals surface area contributed by atoms with Crippen LogP contribution in [-0.4, -0.2) is 25.5 Å². The molecule has 14 heteroatoms. The van der Waals surface area contributed by atoms with Gasteiger partial charge in [0, 0.05) is 6.54 Å². The number of halogens is 8. The van der Waals surface area contributed by atoms with Gasteiger partial charge >= 0.3 is 5.97 Å². The van der Waals surface area contributed by atoms with E-state index in [2.05, 4.69) is 10.1 Å². The van der Waals surface area contributed by atoms with Crippen molar-refractivity contribution in [3.63, 3.8) is 0 Å². The van der Waals surface area contributed by atoms with Crippen molar-refractivity contribution in [2.24, 2.45) is 11.8 Å². The molecule has 1 aliphatic rings. The third-order valence-corrected chi connectivity index (χ3v) is 7.01. The summed E-state index contributed by atoms with van der Waals surface area (Å²) in [7, 11) is 1.46. The molecule has 1 saturated carbocycles. The highest BCUT2D eigenvalue weighted by molar-refractivity contribution is 5.94. The van der Waals surface area contributed by atoms with E-state index in [1.54, 1.807) is 24.3 Å². The summed E-state index contributed by atoms with van der Waals surface area (Å²) in [5, 5.41) is 2.37. The highest BCUT2D eigenvalue weighted by Gasteiger charge is 2.33. The zero-order valence-corrected chi connectivity index (χ0v) is 22.3. The number of carbonyl (C=O) groups excluding carboxylic acids is 2. The van der Waals surface area contributed by atoms with Crippen LogP contribution in [0.15, 0.2) is 30.3 Å². The van der Waals surface area contributed by atoms with Crippen LogP contribution < -0.4 is 19.5 Å². The molecule has 0 aromatic heterocycles. The molecule has 3 aromatic rings. The summed E-state index contributed by atoms with van der Waals surface area (Å²) in [4.78, 5) is 24.8. The van der Waals surface area contributed by atoms with Gasteiger partial charge in [-0.1, -0.05) is 12.1 Å². The number of rotatable bonds is 9. The summed E-state index contributed by atoms with van der Waals surface area (Å²) in [6, 6.07) is 6.85. The molecule has 230 valence electrons. The molecule has 1 fully saturated rings. The van der Waals surface area contributed by atoms with Crippen molar-refractivity contribution in [3.05, 3.63) is 88.0 Å². The summed E-state index contributed by atoms with van der Waals surface area (Å²) < 4.78 is 126. The maximum Gasteiger partial charge on any atom is 0.314 e. The van der Waals surface area contributed by atoms with Crippen LogP contribution in [0.4, 0.5) is 35.1 Å². The highest BCUT2D eigenvalue weighted by Crippen LogP contribution is 2.34. The summed E-state index contributed by atoms with van der Waals surface area (Å²) in [6.45, 7) is -0.364. The van der Waals surface area contributed by atoms with E-state index in [4.69, 9.17) is 9.47 Å². The lowest BCUT2D eigenvalue weighted by Crippen LogP contribution is -2.34. The number of amides is 1. The van der Waals surface area contributed by atoms with E-state index in [1.807, 2.05) is 0 Å². The predicted molar refractivity (Wildman–Crippen MR) is 133 cm³/mol. The Morgan fingerprint density at radius 2 is 1.33 bits per heavy atom. The van der Waals surface area contributed by atoms with Crippen LogP contribution in [0, 0.1) is 58.4 Å². The van der Waals surface area contributed by atoms with E-state index >= 15 is 0 Å². The van der Waals surface area contributed by atoms with E-state index in [1.165, 1.54) is 7.11 Å². The van der Waals surface area contributed by atoms with Gasteiger partial charge < -0.3 is 19.5 Å². The number of nitrogens with one attached hydrogen (secondary N) is 1. The fourth-order valence-electron chi connectivity index (χ4n) is 4.55. The molecular formula is C29H23F8NO5. The van der Waals surface area contributed by atoms with Gasteiger partial charge in [0.2, 0.25) is 40.7 Å². The van der Waals surface area contributed by atoms with Crippen molar-refractivity contribution in [1.29, 1.82) is 0 Å². The van der Waals surface area contributed by atoms with Crippen molar-refractivity contribution < 1.29 is 58.9 Å². The Morgan fingerprint density at radius 3 is 1.91 bits per heavy atom. The van der Waals surface area contributed by atoms with Gasteiger partial charge in [0.25, 0.3) is 5.91 Å². The average molecular weight is 617 g/mol. The van der Waals surface area contributed by atoms with E-state index in [0.29, 0.717) is 17.4 Å². The number of carbonyl (C=O) groups is 2. The molecule has 6 nitrogen and oxygen atoms in total. The monoisotopic (exact) mass is 617 g/mol. The minimum absolute atomic E-state index is 0.0728. The Bertz CT molecular complexity index is 1500. The van der Waals surface area contributed by atoms with E-state index in [0.717, 1.165) is 0 Å². The van der Waals surface area contributed by atoms with Gasteiger partial charge in [-0.3, -0.25) is 9.59 Å². The first kappa shape index (κ1) is 31.6. The number of esters is 1. The second-order valence-corrected chi connectivity index (χ2v) is 9.75. The van der Waals surface area contributed by atoms with Crippen molar-refractivity contribution in [1.82, 2.24) is 5.32 Å². The summed E-state index contributed by atoms with van der Waals surface area (Å²) in [5.74, 6) is -21.8. The zero-order chi connectivity index (χ0) is 31.4. The molecule has 1 amide bonds. The van der Waals surface area contributed by atoms with Crippen molar-refractivity contribution in [2.75, 3.05) is 13.7 Å². The maximum atomic E-state index is 14.7. The van der Waals surface area contributed by atoms with E-state index in [-0.39, 0.29) is 44.8 Å². The minimum atomic E-state index is -2.39. The largest absolute Gasteiger partial charge is 0.497 e. The van der Waals surface area contributed by atoms with Crippen LogP contribution in [0.3, 0.4) is 0 Å². The molecule has 0 aliphatic heterocycles. The van der Waals surface area contributed by atoms with Gasteiger partial charge in [-0.05, 0) is 55.4 Å². The normalized spacial score (nSPS) is 16.5. The van der Waals surface area contributed by atoms with Crippen molar-refractivity contribution in [3.8, 4) is 17.2 Å². The van der Waals surface area contributed by atoms with Gasteiger partial charge in [0.1, 0.15) is 12.4 Å². The number of hydrogen-bond donors (Lipinski definition) is 1. The van der Waals surface area contributed by atoms with Crippen LogP contribution in [-0.2, 0) is 11.4 Å². The topological polar surface area (TPSA) is 73.9 Å². The Kier molecular flexibility index (Phi) is 9.77. The molecule has 3 aromatic carbocycles. The molecule has 0 spiro atoms. The van der Waals surface area contributed by atoms with Gasteiger partial charge in [0.05, 0.1) is 18.6 Å². The SMILES string of the molecule is COc1ccc(COc2c(F)cc(C(=O)NCC3CCC(C(=O)Oc4c(F)c(F)c(F)c(F)c4F)CC3)c(F)c2F)cc1. The fraction of sp³-hybridized carbons (Fsp3) is 0.310. The number of benzene rings is 3. The first-order chi connectivity index (χ1) is 20.4. The third kappa shape index (κ3) is 6.83. The standard InChI is InChI=1S/C29H23F8NO5/c1-41-16-8-4-14(5-9-16)12-42-26-18(30)10-17(19(31)23(26)35)28(39)38-11-13-2-6-15(7-3-13)29(40)43-27-24(36)21(33)20(32)22(34)25(27)37/h4-5,8-10,13,15H,2-3,6-7,11-12H2,1H3,(H,38,39). The average Bonchev–Trinajstić information content (AvgIpc) is 3.02. The smallest absolute Gasteiger partial charge is 0.314 e. The van der Waals surface area contributed by atoms with Crippen LogP contribution in [0.2, 0.25) is 0 Å². The number of ether oxygens (including phenoxy) is 3. The van der Waals surface area contributed by atoms with E-state index < -0.39 is 81.4 Å². The van der Waals surface area contributed by atoms with E-state index in [9.17, 15) is 44.7 Å². The highest BCUT2D eigenvalue weighted by atomic mass is 19.2. The van der Waals surface area contributed by atoms with Crippen LogP contribution in [0.5, 0.6) is 17.2 Å². The molecule has 0 bridgehead atoms. The zero-order valence-electron chi connectivity index (χ0n) is 22.3. The lowest BCUT2D eigenvalue weighted by Gasteiger charge is -2.27. The lowest BCUT2D eigenvalue weighted by molar-refractivity contribution is -0.140. The third-order valence-electron chi connectivity index (χ3n) is 7.01. The van der Waals surface area contributed by atoms with Gasteiger partial charge in [-0.25, -0.2) is 22.0 Å². The first-order valence-electron chi connectivity index (χ1n) is 12.9. The van der Waals surface area contributed by atoms with Crippen LogP contribution in [0.25, 0.3) is 0 Å². The Hall–Kier alpha value is -4.36. The summed E-state index contributed by atoms with van der Waals surface area (Å²) in [6.07, 6.45) is 0.653. The lowest BCUT2D eigenvalue weighted by atomic mass is 9.82. The predicted octanol–water partition coefficient (Wildman–Crippen LogP) is 6.53. The Morgan fingerprint density at radius 1 is 0.767 bits per heavy atom. The van der Waals surface area contributed by atoms with Gasteiger partial charge in [0.15, 0.2) is 17.4 Å².